The summed E-state index contributed by atoms with van der Waals surface area (Å²) in [5, 5.41) is 8.93. The summed E-state index contributed by atoms with van der Waals surface area (Å²) in [6.07, 6.45) is 2.66. The molecular formula is C9H18OSi. The van der Waals surface area contributed by atoms with Crippen molar-refractivity contribution in [3.8, 4) is 0 Å². The molecule has 0 aliphatic heterocycles. The number of hydrogen-bond acceptors (Lipinski definition) is 1. The number of aliphatic hydroxyl groups is 1. The van der Waals surface area contributed by atoms with Gasteiger partial charge in [0, 0.05) is 0 Å². The van der Waals surface area contributed by atoms with Crippen LogP contribution in [0, 0.1) is 0 Å². The Hall–Kier alpha value is -0.343. The Morgan fingerprint density at radius 2 is 2.00 bits per heavy atom. The first-order valence-corrected chi connectivity index (χ1v) is 7.49. The van der Waals surface area contributed by atoms with Gasteiger partial charge in [0.15, 0.2) is 0 Å². The molecule has 1 nitrogen and oxygen atoms in total. The maximum Gasteiger partial charge on any atom is 0.0687 e. The van der Waals surface area contributed by atoms with Crippen LogP contribution in [0.3, 0.4) is 0 Å². The van der Waals surface area contributed by atoms with E-state index in [1.54, 1.807) is 0 Å². The van der Waals surface area contributed by atoms with Crippen LogP contribution in [0.4, 0.5) is 0 Å². The smallest absolute Gasteiger partial charge is 0.0687 e. The molecule has 0 amide bonds. The van der Waals surface area contributed by atoms with Gasteiger partial charge in [0.2, 0.25) is 0 Å². The van der Waals surface area contributed by atoms with Crippen molar-refractivity contribution in [3.05, 3.63) is 23.9 Å². The van der Waals surface area contributed by atoms with Gasteiger partial charge in [-0.1, -0.05) is 31.4 Å². The zero-order valence-electron chi connectivity index (χ0n) is 7.72. The van der Waals surface area contributed by atoms with Gasteiger partial charge in [-0.3, -0.25) is 0 Å². The summed E-state index contributed by atoms with van der Waals surface area (Å²) < 4.78 is 0. The molecule has 0 heterocycles. The van der Waals surface area contributed by atoms with Crippen molar-refractivity contribution in [2.24, 2.45) is 0 Å². The predicted octanol–water partition coefficient (Wildman–Crippen LogP) is 2.36. The molecule has 0 rings (SSSR count). The van der Waals surface area contributed by atoms with Crippen molar-refractivity contribution >= 4 is 8.07 Å². The van der Waals surface area contributed by atoms with Gasteiger partial charge in [0.25, 0.3) is 0 Å². The highest BCUT2D eigenvalue weighted by Crippen LogP contribution is 2.09. The first-order valence-electron chi connectivity index (χ1n) is 3.92. The Labute approximate surface area is 70.5 Å². The Morgan fingerprint density at radius 3 is 2.27 bits per heavy atom. The summed E-state index contributed by atoms with van der Waals surface area (Å²) in [6, 6.07) is 0. The quantitative estimate of drug-likeness (QED) is 0.507. The van der Waals surface area contributed by atoms with Crippen LogP contribution in [0.15, 0.2) is 23.9 Å². The lowest BCUT2D eigenvalue weighted by Gasteiger charge is -2.11. The normalized spacial score (nSPS) is 13.3. The molecule has 0 aromatic carbocycles. The lowest BCUT2D eigenvalue weighted by atomic mass is 10.2. The summed E-state index contributed by atoms with van der Waals surface area (Å²) in [4.78, 5) is 0. The van der Waals surface area contributed by atoms with Crippen LogP contribution in [0.25, 0.3) is 0 Å². The van der Waals surface area contributed by atoms with Crippen LogP contribution in [0.5, 0.6) is 0 Å². The van der Waals surface area contributed by atoms with Crippen molar-refractivity contribution < 1.29 is 5.11 Å². The molecular weight excluding hydrogens is 152 g/mol. The minimum Gasteiger partial charge on any atom is -0.392 e. The third kappa shape index (κ3) is 6.07. The van der Waals surface area contributed by atoms with E-state index in [1.807, 2.05) is 6.08 Å². The molecule has 0 bridgehead atoms. The number of aliphatic hydroxyl groups excluding tert-OH is 1. The minimum absolute atomic E-state index is 0.177. The molecule has 0 saturated heterocycles. The molecule has 2 heteroatoms. The zero-order valence-corrected chi connectivity index (χ0v) is 8.72. The van der Waals surface area contributed by atoms with Crippen LogP contribution in [-0.2, 0) is 0 Å². The Bertz CT molecular complexity index is 153. The van der Waals surface area contributed by atoms with E-state index in [2.05, 4.69) is 31.9 Å². The Kier molecular flexibility index (Phi) is 4.38. The maximum atomic E-state index is 8.93. The molecule has 0 radical (unpaired) electrons. The summed E-state index contributed by atoms with van der Waals surface area (Å²) in [6.45, 7) is 10.6. The van der Waals surface area contributed by atoms with Crippen LogP contribution in [0.2, 0.25) is 19.6 Å². The van der Waals surface area contributed by atoms with Gasteiger partial charge in [-0.05, 0) is 12.0 Å². The molecule has 0 aliphatic carbocycles. The average Bonchev–Trinajstić information content (AvgIpc) is 1.84. The van der Waals surface area contributed by atoms with Crippen molar-refractivity contribution in [1.29, 1.82) is 0 Å². The second-order valence-corrected chi connectivity index (χ2v) is 8.84. The molecule has 0 fully saturated rings. The van der Waals surface area contributed by atoms with E-state index in [0.29, 0.717) is 0 Å². The molecule has 1 N–H and O–H groups in total. The highest BCUT2D eigenvalue weighted by Gasteiger charge is 2.09. The largest absolute Gasteiger partial charge is 0.392 e. The van der Waals surface area contributed by atoms with Gasteiger partial charge in [0.05, 0.1) is 14.7 Å². The van der Waals surface area contributed by atoms with Gasteiger partial charge < -0.3 is 5.11 Å². The first-order chi connectivity index (χ1) is 4.99. The zero-order chi connectivity index (χ0) is 8.91. The number of rotatable bonds is 4. The van der Waals surface area contributed by atoms with Crippen LogP contribution >= 0.6 is 0 Å². The summed E-state index contributed by atoms with van der Waals surface area (Å²) in [5.74, 6) is 0. The van der Waals surface area contributed by atoms with Gasteiger partial charge >= 0.3 is 0 Å². The molecule has 0 spiro atoms. The molecule has 64 valence electrons. The van der Waals surface area contributed by atoms with Crippen molar-refractivity contribution in [3.63, 3.8) is 0 Å². The maximum absolute atomic E-state index is 8.93. The third-order valence-corrected chi connectivity index (χ3v) is 2.52. The van der Waals surface area contributed by atoms with E-state index in [0.717, 1.165) is 12.0 Å². The molecule has 0 atom stereocenters. The molecule has 0 aromatic heterocycles. The monoisotopic (exact) mass is 170 g/mol. The van der Waals surface area contributed by atoms with Gasteiger partial charge in [-0.25, -0.2) is 0 Å². The van der Waals surface area contributed by atoms with E-state index < -0.39 is 8.07 Å². The van der Waals surface area contributed by atoms with E-state index in [4.69, 9.17) is 5.11 Å². The van der Waals surface area contributed by atoms with Gasteiger partial charge in [-0.15, -0.1) is 6.58 Å². The topological polar surface area (TPSA) is 20.2 Å². The fourth-order valence-electron chi connectivity index (χ4n) is 0.967. The molecule has 0 aromatic rings. The number of allylic oxidation sites excluding steroid dienone is 1. The standard InChI is InChI=1S/C9H18OSi/c1-5-6-9(7-10)8-11(2,3)4/h5,8,10H,1,6-7H2,2-4H3/b9-8+. The average molecular weight is 170 g/mol. The Morgan fingerprint density at radius 1 is 1.45 bits per heavy atom. The molecule has 0 saturated carbocycles. The fourth-order valence-corrected chi connectivity index (χ4v) is 2.40. The fraction of sp³-hybridized carbons (Fsp3) is 0.556. The first kappa shape index (κ1) is 10.7. The van der Waals surface area contributed by atoms with E-state index in [1.165, 1.54) is 0 Å². The summed E-state index contributed by atoms with van der Waals surface area (Å²) >= 11 is 0. The summed E-state index contributed by atoms with van der Waals surface area (Å²) in [5.41, 5.74) is 3.34. The Balaban J connectivity index is 4.22. The second-order valence-electron chi connectivity index (χ2n) is 3.82. The summed E-state index contributed by atoms with van der Waals surface area (Å²) in [7, 11) is -1.15. The minimum atomic E-state index is -1.15. The van der Waals surface area contributed by atoms with Crippen molar-refractivity contribution in [2.45, 2.75) is 26.1 Å². The lowest BCUT2D eigenvalue weighted by molar-refractivity contribution is 0.329. The van der Waals surface area contributed by atoms with Crippen molar-refractivity contribution in [1.82, 2.24) is 0 Å². The second kappa shape index (κ2) is 4.52. The predicted molar refractivity (Wildman–Crippen MR) is 53.3 cm³/mol. The number of hydrogen-bond donors (Lipinski definition) is 1. The molecule has 11 heavy (non-hydrogen) atoms. The van der Waals surface area contributed by atoms with E-state index in [9.17, 15) is 0 Å². The lowest BCUT2D eigenvalue weighted by Crippen LogP contribution is -2.17. The van der Waals surface area contributed by atoms with Crippen LogP contribution in [0.1, 0.15) is 6.42 Å². The van der Waals surface area contributed by atoms with E-state index in [-0.39, 0.29) is 6.61 Å². The highest BCUT2D eigenvalue weighted by molar-refractivity contribution is 6.81. The third-order valence-electron chi connectivity index (χ3n) is 1.25. The van der Waals surface area contributed by atoms with Crippen molar-refractivity contribution in [2.75, 3.05) is 6.61 Å². The highest BCUT2D eigenvalue weighted by atomic mass is 28.3. The van der Waals surface area contributed by atoms with Crippen LogP contribution < -0.4 is 0 Å². The van der Waals surface area contributed by atoms with Crippen LogP contribution in [-0.4, -0.2) is 19.8 Å². The molecule has 0 unspecified atom stereocenters. The van der Waals surface area contributed by atoms with Gasteiger partial charge in [-0.2, -0.15) is 0 Å². The van der Waals surface area contributed by atoms with Gasteiger partial charge in [0.1, 0.15) is 0 Å². The molecule has 0 aliphatic rings. The van der Waals surface area contributed by atoms with E-state index >= 15 is 0 Å². The SMILES string of the molecule is C=CC/C(=C\[Si](C)(C)C)CO.